The van der Waals surface area contributed by atoms with Gasteiger partial charge in [-0.25, -0.2) is 33.6 Å². The Kier molecular flexibility index (Phi) is 26.6. The summed E-state index contributed by atoms with van der Waals surface area (Å²) in [6.07, 6.45) is -14.5. The van der Waals surface area contributed by atoms with E-state index in [1.54, 1.807) is 233 Å². The molecular formula is C82H82O21. The van der Waals surface area contributed by atoms with Gasteiger partial charge >= 0.3 is 41.8 Å². The fourth-order valence-electron chi connectivity index (χ4n) is 12.2. The summed E-state index contributed by atoms with van der Waals surface area (Å²) >= 11 is 0. The topological polar surface area (TPSA) is 249 Å². The average Bonchev–Trinajstić information content (AvgIpc) is 0.785. The molecule has 0 N–H and O–H groups in total. The first-order chi connectivity index (χ1) is 50.3. The van der Waals surface area contributed by atoms with Gasteiger partial charge in [0.15, 0.2) is 37.2 Å². The quantitative estimate of drug-likeness (QED) is 0.0230. The first-order valence-electron chi connectivity index (χ1n) is 34.5. The number of hydrogen-bond donors (Lipinski definition) is 0. The lowest BCUT2D eigenvalue weighted by Gasteiger charge is -2.47. The van der Waals surface area contributed by atoms with Crippen LogP contribution in [0.2, 0.25) is 0 Å². The molecule has 103 heavy (non-hydrogen) atoms. The molecule has 8 aromatic rings. The van der Waals surface area contributed by atoms with Crippen LogP contribution in [0.5, 0.6) is 0 Å². The summed E-state index contributed by atoms with van der Waals surface area (Å²) < 4.78 is 90.7. The van der Waals surface area contributed by atoms with Crippen molar-refractivity contribution in [2.45, 2.75) is 120 Å². The van der Waals surface area contributed by atoms with Gasteiger partial charge in [-0.2, -0.15) is 0 Å². The van der Waals surface area contributed by atoms with Crippen LogP contribution in [0.4, 0.5) is 0 Å². The van der Waals surface area contributed by atoms with E-state index in [0.29, 0.717) is 32.5 Å². The molecule has 0 aromatic heterocycles. The number of rotatable bonds is 30. The Bertz CT molecular complexity index is 3990. The lowest BCUT2D eigenvalue weighted by Crippen LogP contribution is -2.61. The molecule has 21 heteroatoms. The molecule has 15 atom stereocenters. The number of ether oxygens (including phenoxy) is 14. The Morgan fingerprint density at radius 2 is 0.534 bits per heavy atom. The van der Waals surface area contributed by atoms with Crippen molar-refractivity contribution < 1.29 is 99.9 Å². The van der Waals surface area contributed by atoms with Gasteiger partial charge in [-0.3, -0.25) is 0 Å². The molecule has 8 aromatic carbocycles. The second-order valence-corrected chi connectivity index (χ2v) is 25.2. The Balaban J connectivity index is 0.921. The molecule has 0 unspecified atom stereocenters. The normalized spacial score (nSPS) is 24.4. The first-order valence-corrected chi connectivity index (χ1v) is 34.5. The number of carbonyl (C=O) groups excluding carboxylic acids is 7. The fourth-order valence-corrected chi connectivity index (χ4v) is 12.2. The summed E-state index contributed by atoms with van der Waals surface area (Å²) in [5.74, 6) is -8.02. The maximum atomic E-state index is 14.5. The molecule has 0 amide bonds. The Morgan fingerprint density at radius 3 is 0.845 bits per heavy atom. The highest BCUT2D eigenvalue weighted by Gasteiger charge is 2.55. The van der Waals surface area contributed by atoms with E-state index in [-0.39, 0.29) is 52.2 Å². The van der Waals surface area contributed by atoms with Crippen molar-refractivity contribution in [1.29, 1.82) is 0 Å². The lowest BCUT2D eigenvalue weighted by atomic mass is 9.89. The van der Waals surface area contributed by atoms with Gasteiger partial charge in [0.1, 0.15) is 31.0 Å². The van der Waals surface area contributed by atoms with Crippen molar-refractivity contribution in [1.82, 2.24) is 0 Å². The Hall–Kier alpha value is -10.2. The molecule has 11 rings (SSSR count). The van der Waals surface area contributed by atoms with Gasteiger partial charge in [-0.1, -0.05) is 178 Å². The highest BCUT2D eigenvalue weighted by atomic mass is 16.8. The van der Waals surface area contributed by atoms with Crippen molar-refractivity contribution in [2.24, 2.45) is 17.8 Å². The molecule has 536 valence electrons. The van der Waals surface area contributed by atoms with Crippen molar-refractivity contribution in [2.75, 3.05) is 33.0 Å². The summed E-state index contributed by atoms with van der Waals surface area (Å²) in [7, 11) is 0. The van der Waals surface area contributed by atoms with E-state index in [1.165, 1.54) is 0 Å². The molecule has 0 spiro atoms. The number of hydrogen-bond acceptors (Lipinski definition) is 21. The molecule has 3 aliphatic heterocycles. The average molecular weight is 1400 g/mol. The summed E-state index contributed by atoms with van der Waals surface area (Å²) in [5, 5.41) is 0. The highest BCUT2D eigenvalue weighted by molar-refractivity contribution is 5.93. The predicted octanol–water partition coefficient (Wildman–Crippen LogP) is 12.7. The monoisotopic (exact) mass is 1400 g/mol. The standard InChI is InChI=1S/C82H82O21/c1-53-64(50-92-73(83)57-33-15-5-16-34-57)96-81(71(102-78(88)62-43-25-10-26-44-62)68(53)99-75(85)59-37-19-7-20-38-59)94-52-66-55(3)69(100-76(86)60-39-21-8-22-40-60)72(103-79(89)63-45-27-11-28-46-63)82(97-66)93-51-65-54(2)67(98-74(84)58-35-17-6-18-36-58)70(101-77(87)61-41-23-9-24-42-61)80(95-65)91-48-30-12-29-47-90-49-56-31-13-4-14-32-56/h4-11,13-28,31-46,53-55,64-72,80-82H,12,29-30,47-52H2,1-3H3/t53-,54-,55-,64-,65-,66-,67+,68+,69+,70-,71-,72-,80-,81-,82-/m1/s1. The molecule has 3 heterocycles. The van der Waals surface area contributed by atoms with Crippen LogP contribution >= 0.6 is 0 Å². The van der Waals surface area contributed by atoms with E-state index in [4.69, 9.17) is 66.3 Å². The number of benzene rings is 8. The number of unbranched alkanes of at least 4 members (excludes halogenated alkanes) is 2. The van der Waals surface area contributed by atoms with E-state index >= 15 is 0 Å². The molecule has 3 aliphatic rings. The maximum Gasteiger partial charge on any atom is 0.338 e. The van der Waals surface area contributed by atoms with Crippen LogP contribution in [0.25, 0.3) is 0 Å². The van der Waals surface area contributed by atoms with Gasteiger partial charge in [0.25, 0.3) is 0 Å². The summed E-state index contributed by atoms with van der Waals surface area (Å²) in [6, 6.07) is 67.4. The van der Waals surface area contributed by atoms with E-state index in [2.05, 4.69) is 0 Å². The minimum Gasteiger partial charge on any atom is -0.459 e. The van der Waals surface area contributed by atoms with Crippen LogP contribution in [-0.4, -0.2) is 149 Å². The minimum absolute atomic E-state index is 0.104. The number of esters is 7. The van der Waals surface area contributed by atoms with Crippen LogP contribution in [0.15, 0.2) is 243 Å². The smallest absolute Gasteiger partial charge is 0.338 e. The third-order valence-electron chi connectivity index (χ3n) is 18.1. The van der Waals surface area contributed by atoms with Gasteiger partial charge < -0.3 is 66.3 Å². The fraction of sp³-hybridized carbons (Fsp3) is 0.329. The Morgan fingerprint density at radius 1 is 0.282 bits per heavy atom. The molecule has 3 fully saturated rings. The van der Waals surface area contributed by atoms with E-state index in [0.717, 1.165) is 5.56 Å². The third kappa shape index (κ3) is 20.1. The molecule has 0 saturated carbocycles. The molecule has 0 radical (unpaired) electrons. The van der Waals surface area contributed by atoms with E-state index < -0.39 is 147 Å². The lowest BCUT2D eigenvalue weighted by molar-refractivity contribution is -0.329. The first kappa shape index (κ1) is 74.0. The van der Waals surface area contributed by atoms with Crippen LogP contribution in [-0.2, 0) is 72.9 Å². The zero-order valence-corrected chi connectivity index (χ0v) is 57.2. The summed E-state index contributed by atoms with van der Waals surface area (Å²) in [5.41, 5.74) is 2.38. The molecule has 3 saturated heterocycles. The second kappa shape index (κ2) is 37.1. The number of carbonyl (C=O) groups is 7. The van der Waals surface area contributed by atoms with Gasteiger partial charge in [-0.15, -0.1) is 0 Å². The molecular weight excluding hydrogens is 1320 g/mol. The van der Waals surface area contributed by atoms with Crippen molar-refractivity contribution in [3.8, 4) is 0 Å². The zero-order valence-electron chi connectivity index (χ0n) is 57.2. The van der Waals surface area contributed by atoms with E-state index in [9.17, 15) is 33.6 Å². The van der Waals surface area contributed by atoms with Crippen molar-refractivity contribution >= 4 is 41.8 Å². The van der Waals surface area contributed by atoms with Crippen molar-refractivity contribution in [3.05, 3.63) is 287 Å². The SMILES string of the molecule is C[C@H]1[C@H](OC(=O)c2ccccc2)[C@@H](OC(=O)c2ccccc2)[C@H](OC[C@H]2O[C@@H](OC[C@H]3O[C@@H](OCCCCCOCc4ccccc4)[C@H](OC(=O)c4ccccc4)[C@@H](OC(=O)c4ccccc4)[C@@H]3C)[C@H](OC(=O)c3ccccc3)[C@@H](OC(=O)c3ccccc3)[C@@H]2C)O[C@@H]1COC(=O)c1ccccc1. The van der Waals surface area contributed by atoms with Gasteiger partial charge in [0.2, 0.25) is 0 Å². The van der Waals surface area contributed by atoms with Crippen LogP contribution in [0, 0.1) is 17.8 Å². The van der Waals surface area contributed by atoms with Crippen molar-refractivity contribution in [3.63, 3.8) is 0 Å². The largest absolute Gasteiger partial charge is 0.459 e. The van der Waals surface area contributed by atoms with Gasteiger partial charge in [0, 0.05) is 31.0 Å². The Labute approximate surface area is 597 Å². The molecule has 0 bridgehead atoms. The van der Waals surface area contributed by atoms with Crippen LogP contribution < -0.4 is 0 Å². The summed E-state index contributed by atoms with van der Waals surface area (Å²) in [4.78, 5) is 99.7. The summed E-state index contributed by atoms with van der Waals surface area (Å²) in [6.45, 7) is 4.88. The maximum absolute atomic E-state index is 14.5. The minimum atomic E-state index is -1.66. The van der Waals surface area contributed by atoms with Gasteiger partial charge in [-0.05, 0) is 110 Å². The highest BCUT2D eigenvalue weighted by Crippen LogP contribution is 2.39. The second-order valence-electron chi connectivity index (χ2n) is 25.2. The molecule has 21 nitrogen and oxygen atoms in total. The van der Waals surface area contributed by atoms with E-state index in [1.807, 2.05) is 30.3 Å². The predicted molar refractivity (Wildman–Crippen MR) is 372 cm³/mol. The third-order valence-corrected chi connectivity index (χ3v) is 18.1. The van der Waals surface area contributed by atoms with Crippen LogP contribution in [0.1, 0.15) is 118 Å². The zero-order chi connectivity index (χ0) is 71.9. The van der Waals surface area contributed by atoms with Crippen LogP contribution in [0.3, 0.4) is 0 Å². The molecule has 0 aliphatic carbocycles. The van der Waals surface area contributed by atoms with Gasteiger partial charge in [0.05, 0.1) is 71.0 Å².